The van der Waals surface area contributed by atoms with Gasteiger partial charge in [-0.1, -0.05) is 31.5 Å². The SMILES string of the molecule is C[C@H](CO)[C@H]1CC[C@H]2[C@@H]3CC=C4C[C@@H](O[SH-]#P)CC[C@]4(C)[C@H]3CC[C@]12C.Cc1ccc(S(=O)(=O)OC[C@@H](C)[C@H]2CC[C@H]3[C@@H]4CC=C5C[C@@H](O[SH-]#P)CC[C@]5(C)[C@H]4CC[C@]23C)cc1.[TlH2].[TlH2]. The van der Waals surface area contributed by atoms with Crippen LogP contribution in [0, 0.1) is 87.8 Å². The fourth-order valence-corrected chi connectivity index (χ4v) is 19.2. The molecule has 2 radical (unpaired) electrons. The van der Waals surface area contributed by atoms with E-state index in [0.29, 0.717) is 46.9 Å². The van der Waals surface area contributed by atoms with Gasteiger partial charge in [-0.25, -0.2) is 0 Å². The second kappa shape index (κ2) is 22.3. The van der Waals surface area contributed by atoms with Gasteiger partial charge in [0.2, 0.25) is 0 Å². The molecule has 1 N–H and O–H groups in total. The molecule has 8 aliphatic rings. The summed E-state index contributed by atoms with van der Waals surface area (Å²) in [6.45, 7) is 17.2. The van der Waals surface area contributed by atoms with Crippen LogP contribution < -0.4 is 0 Å². The summed E-state index contributed by atoms with van der Waals surface area (Å²) in [7, 11) is 4.78. The number of benzene rings is 1. The van der Waals surface area contributed by atoms with E-state index in [1.165, 1.54) is 83.5 Å². The van der Waals surface area contributed by atoms with Crippen molar-refractivity contribution in [1.82, 2.24) is 0 Å². The Balaban J connectivity index is 0.000000216. The van der Waals surface area contributed by atoms with Gasteiger partial charge in [0, 0.05) is 6.61 Å². The van der Waals surface area contributed by atoms with Crippen LogP contribution in [0.4, 0.5) is 0 Å². The third kappa shape index (κ3) is 10.4. The molecule has 358 valence electrons. The molecule has 0 spiro atoms. The molecule has 64 heavy (non-hydrogen) atoms. The van der Waals surface area contributed by atoms with Gasteiger partial charge in [0.1, 0.15) is 0 Å². The van der Waals surface area contributed by atoms with E-state index in [4.69, 9.17) is 12.5 Å². The summed E-state index contributed by atoms with van der Waals surface area (Å²) in [5, 5.41) is 9.77. The molecule has 6 fully saturated rings. The van der Waals surface area contributed by atoms with Crippen LogP contribution in [0.25, 0.3) is 0 Å². The summed E-state index contributed by atoms with van der Waals surface area (Å²) in [5.41, 5.74) is 5.80. The van der Waals surface area contributed by atoms with Crippen LogP contribution in [-0.2, 0) is 44.7 Å². The first-order valence-electron chi connectivity index (χ1n) is 24.5. The number of allylic oxidation sites excluding steroid dienone is 2. The van der Waals surface area contributed by atoms with Crippen molar-refractivity contribution in [3.63, 3.8) is 0 Å². The molecule has 16 atom stereocenters. The van der Waals surface area contributed by atoms with E-state index < -0.39 is 10.1 Å². The Bertz CT molecular complexity index is 2080. The Hall–Kier alpha value is 1.89. The van der Waals surface area contributed by atoms with Crippen LogP contribution in [0.1, 0.15) is 150 Å². The molecule has 0 aliphatic heterocycles. The van der Waals surface area contributed by atoms with Crippen LogP contribution in [0.15, 0.2) is 52.5 Å². The van der Waals surface area contributed by atoms with E-state index in [0.717, 1.165) is 88.3 Å². The first kappa shape index (κ1) is 55.2. The third-order valence-corrected chi connectivity index (χ3v) is 22.8. The van der Waals surface area contributed by atoms with Gasteiger partial charge in [-0.15, -0.1) is 0 Å². The summed E-state index contributed by atoms with van der Waals surface area (Å²) in [6.07, 6.45) is 25.8. The standard InChI is InChI=1S/C29H42O4PS2.C22H36O2PS.2Tl.4H/c1-19-5-8-23(9-6-19)36(30,31)32-18-20(2)25-11-12-26-24-10-7-21-17-22(33-35-34)13-15-28(21,3)27(24)14-16-29(25,26)4;1-14(13-23)18-6-7-19-17-5-4-15-12-16(24-26-25)8-10-21(15,2)20(17)9-11-22(18,19)3;;;;;;/h5-9,20,22,24-27,35H,10-18H2,1-4H3;4,14,16-20,23,26H,5-13H2,1-3H3;;;;;;/q2*-1;;;;;;/t20-,22+,24+,25-,26+,27+,28+,29-;14-,16+,17+,18-,19+,20+,21+,22-;;;;;;/m11....../s1. The van der Waals surface area contributed by atoms with E-state index in [9.17, 15) is 13.5 Å². The minimum absolute atomic E-state index is 0. The summed E-state index contributed by atoms with van der Waals surface area (Å²) in [6, 6.07) is 6.94. The van der Waals surface area contributed by atoms with Crippen molar-refractivity contribution in [2.45, 2.75) is 168 Å². The van der Waals surface area contributed by atoms with Crippen molar-refractivity contribution >= 4 is 102 Å². The fourth-order valence-electron chi connectivity index (χ4n) is 16.7. The minimum atomic E-state index is -3.72. The van der Waals surface area contributed by atoms with Gasteiger partial charge < -0.3 is 5.11 Å². The Labute approximate surface area is 439 Å². The van der Waals surface area contributed by atoms with Gasteiger partial charge in [-0.2, -0.15) is 8.42 Å². The maximum absolute atomic E-state index is 12.8. The van der Waals surface area contributed by atoms with E-state index in [-0.39, 0.29) is 77.4 Å². The van der Waals surface area contributed by atoms with Gasteiger partial charge >= 0.3 is 347 Å². The quantitative estimate of drug-likeness (QED) is 0.0663. The van der Waals surface area contributed by atoms with E-state index in [2.05, 4.69) is 69.3 Å². The van der Waals surface area contributed by atoms with Crippen molar-refractivity contribution in [2.75, 3.05) is 13.2 Å². The van der Waals surface area contributed by atoms with Gasteiger partial charge in [0.25, 0.3) is 10.1 Å². The van der Waals surface area contributed by atoms with Crippen molar-refractivity contribution in [3.8, 4) is 0 Å². The predicted octanol–water partition coefficient (Wildman–Crippen LogP) is 11.2. The van der Waals surface area contributed by atoms with Gasteiger partial charge in [0.05, 0.1) is 11.5 Å². The predicted molar refractivity (Wildman–Crippen MR) is 278 cm³/mol. The first-order valence-corrected chi connectivity index (χ1v) is 29.8. The Morgan fingerprint density at radius 3 is 1.56 bits per heavy atom. The zero-order valence-electron chi connectivity index (χ0n) is 40.8. The summed E-state index contributed by atoms with van der Waals surface area (Å²) in [5.74, 6) is 6.71. The molecule has 0 aromatic heterocycles. The van der Waals surface area contributed by atoms with Gasteiger partial charge in [0.15, 0.2) is 0 Å². The third-order valence-electron chi connectivity index (χ3n) is 20.1. The second-order valence-corrected chi connectivity index (χ2v) is 26.1. The molecular formula is C51H82O6P2S3Tl2-2. The Morgan fingerprint density at radius 1 is 0.672 bits per heavy atom. The average molecular weight is 1360 g/mol. The number of aliphatic hydroxyl groups is 1. The van der Waals surface area contributed by atoms with Crippen LogP contribution >= 0.6 is 15.6 Å². The number of aryl methyl sites for hydroxylation is 1. The molecule has 1 aromatic rings. The Kier molecular flexibility index (Phi) is 19.3. The number of rotatable bonds is 9. The first-order chi connectivity index (χ1) is 29.5. The molecule has 0 saturated heterocycles. The molecule has 9 rings (SSSR count). The average Bonchev–Trinajstić information content (AvgIpc) is 3.80. The van der Waals surface area contributed by atoms with Crippen molar-refractivity contribution in [1.29, 1.82) is 0 Å². The molecule has 0 unspecified atom stereocenters. The number of fused-ring (bicyclic) bond motifs is 10. The molecule has 1 aromatic carbocycles. The topological polar surface area (TPSA) is 82.1 Å². The van der Waals surface area contributed by atoms with Crippen LogP contribution in [0.5, 0.6) is 0 Å². The molecule has 0 bridgehead atoms. The molecule has 13 heteroatoms. The number of thiol groups is 2. The molecule has 0 heterocycles. The van der Waals surface area contributed by atoms with E-state index in [1.807, 2.05) is 19.1 Å². The fraction of sp³-hybridized carbons (Fsp3) is 0.804. The number of hydrogen-bond donors (Lipinski definition) is 1. The van der Waals surface area contributed by atoms with E-state index in [1.54, 1.807) is 23.3 Å². The normalized spacial score (nSPS) is 41.8. The summed E-state index contributed by atoms with van der Waals surface area (Å²) < 4.78 is 42.9. The van der Waals surface area contributed by atoms with Crippen LogP contribution in [0.2, 0.25) is 0 Å². The zero-order chi connectivity index (χ0) is 44.2. The molecule has 6 nitrogen and oxygen atoms in total. The van der Waals surface area contributed by atoms with Crippen molar-refractivity contribution in [2.24, 2.45) is 80.8 Å². The maximum atomic E-state index is 12.8. The number of hydrogen-bond acceptors (Lipinski definition) is 8. The summed E-state index contributed by atoms with van der Waals surface area (Å²) >= 11 is 1.52. The summed E-state index contributed by atoms with van der Waals surface area (Å²) in [4.78, 5) is 0.253. The van der Waals surface area contributed by atoms with E-state index >= 15 is 0 Å². The van der Waals surface area contributed by atoms with Gasteiger partial charge in [-0.3, -0.25) is 4.18 Å². The molecule has 0 amide bonds. The van der Waals surface area contributed by atoms with Crippen LogP contribution in [0.3, 0.4) is 0 Å². The van der Waals surface area contributed by atoms with Crippen molar-refractivity contribution < 1.29 is 26.1 Å². The van der Waals surface area contributed by atoms with Crippen LogP contribution in [-0.4, -0.2) is 93.5 Å². The molecule has 8 aliphatic carbocycles. The van der Waals surface area contributed by atoms with Gasteiger partial charge in [-0.05, 0) is 19.1 Å². The monoisotopic (exact) mass is 1360 g/mol. The zero-order valence-corrected chi connectivity index (χ0v) is 60.7. The molecular weight excluding hydrogens is 1280 g/mol. The Morgan fingerprint density at radius 2 is 1.12 bits per heavy atom. The number of aliphatic hydroxyl groups excluding tert-OH is 1. The second-order valence-electron chi connectivity index (χ2n) is 22.8. The molecule has 6 saturated carbocycles. The van der Waals surface area contributed by atoms with Crippen molar-refractivity contribution in [3.05, 3.63) is 53.1 Å².